The Morgan fingerprint density at radius 2 is 1.92 bits per heavy atom. The average molecular weight is 364 g/mol. The quantitative estimate of drug-likeness (QED) is 0.603. The van der Waals surface area contributed by atoms with Crippen molar-refractivity contribution in [2.24, 2.45) is 0 Å². The summed E-state index contributed by atoms with van der Waals surface area (Å²) in [4.78, 5) is 16.7. The lowest BCUT2D eigenvalue weighted by molar-refractivity contribution is -0.141. The lowest BCUT2D eigenvalue weighted by Crippen LogP contribution is -2.34. The van der Waals surface area contributed by atoms with Crippen LogP contribution in [0.25, 0.3) is 0 Å². The molecule has 0 bridgehead atoms. The number of aromatic nitrogens is 1. The van der Waals surface area contributed by atoms with Crippen molar-refractivity contribution in [2.75, 3.05) is 6.54 Å². The normalized spacial score (nSPS) is 15.3. The fourth-order valence-corrected chi connectivity index (χ4v) is 2.97. The van der Waals surface area contributed by atoms with E-state index >= 15 is 0 Å². The van der Waals surface area contributed by atoms with Crippen LogP contribution in [0.3, 0.4) is 0 Å². The van der Waals surface area contributed by atoms with E-state index in [0.717, 1.165) is 29.5 Å². The average Bonchev–Trinajstić information content (AvgIpc) is 2.65. The molecule has 1 aromatic heterocycles. The molecule has 2 aromatic rings. The third kappa shape index (κ3) is 3.61. The van der Waals surface area contributed by atoms with E-state index in [-0.39, 0.29) is 11.5 Å². The molecule has 2 heterocycles. The van der Waals surface area contributed by atoms with E-state index in [4.69, 9.17) is 0 Å². The molecule has 26 heavy (non-hydrogen) atoms. The van der Waals surface area contributed by atoms with Crippen molar-refractivity contribution in [2.45, 2.75) is 25.3 Å². The van der Waals surface area contributed by atoms with Gasteiger partial charge in [-0.15, -0.1) is 0 Å². The number of nitrogens with zero attached hydrogens (tertiary/aromatic N) is 2. The molecule has 1 aliphatic heterocycles. The van der Waals surface area contributed by atoms with Crippen LogP contribution < -0.4 is 0 Å². The molecule has 0 N–H and O–H groups in total. The molecule has 1 aliphatic rings. The first kappa shape index (κ1) is 18.1. The molecule has 3 nitrogen and oxygen atoms in total. The summed E-state index contributed by atoms with van der Waals surface area (Å²) in [6.45, 7) is 4.39. The predicted molar refractivity (Wildman–Crippen MR) is 88.0 cm³/mol. The van der Waals surface area contributed by atoms with Crippen LogP contribution >= 0.6 is 0 Å². The molecular formula is C19H16F4N2O. The zero-order valence-electron chi connectivity index (χ0n) is 13.8. The van der Waals surface area contributed by atoms with Gasteiger partial charge in [-0.1, -0.05) is 30.8 Å². The van der Waals surface area contributed by atoms with Crippen LogP contribution in [0, 0.1) is 0 Å². The summed E-state index contributed by atoms with van der Waals surface area (Å²) in [6.07, 6.45) is -3.35. The first-order chi connectivity index (χ1) is 12.3. The molecule has 0 radical (unpaired) electrons. The topological polar surface area (TPSA) is 33.2 Å². The van der Waals surface area contributed by atoms with Crippen molar-refractivity contribution in [1.29, 1.82) is 0 Å². The molecule has 0 saturated carbocycles. The van der Waals surface area contributed by atoms with E-state index in [0.29, 0.717) is 25.1 Å². The fraction of sp³-hybridized carbons (Fsp3) is 0.263. The SMILES string of the molecule is C=CC(=O)N1CCc2ccc(C(F)c3ccc(C(F)(F)F)nc3)cc2C1. The van der Waals surface area contributed by atoms with Crippen molar-refractivity contribution in [3.8, 4) is 0 Å². The summed E-state index contributed by atoms with van der Waals surface area (Å²) in [5, 5.41) is 0. The van der Waals surface area contributed by atoms with Crippen LogP contribution in [-0.4, -0.2) is 22.3 Å². The van der Waals surface area contributed by atoms with Crippen LogP contribution in [0.1, 0.15) is 34.1 Å². The maximum absolute atomic E-state index is 14.8. The number of hydrogen-bond acceptors (Lipinski definition) is 2. The molecule has 3 rings (SSSR count). The number of fused-ring (bicyclic) bond motifs is 1. The molecular weight excluding hydrogens is 348 g/mol. The van der Waals surface area contributed by atoms with Gasteiger partial charge < -0.3 is 4.90 Å². The van der Waals surface area contributed by atoms with E-state index in [1.54, 1.807) is 23.1 Å². The van der Waals surface area contributed by atoms with Gasteiger partial charge in [-0.05, 0) is 35.3 Å². The van der Waals surface area contributed by atoms with Crippen molar-refractivity contribution < 1.29 is 22.4 Å². The number of rotatable bonds is 3. The Hall–Kier alpha value is -2.70. The van der Waals surface area contributed by atoms with Gasteiger partial charge in [-0.25, -0.2) is 4.39 Å². The first-order valence-electron chi connectivity index (χ1n) is 8.00. The maximum Gasteiger partial charge on any atom is 0.433 e. The third-order valence-corrected chi connectivity index (χ3v) is 4.39. The van der Waals surface area contributed by atoms with Crippen molar-refractivity contribution in [3.05, 3.63) is 77.1 Å². The first-order valence-corrected chi connectivity index (χ1v) is 8.00. The molecule has 0 spiro atoms. The second-order valence-corrected chi connectivity index (χ2v) is 6.08. The Morgan fingerprint density at radius 3 is 2.54 bits per heavy atom. The summed E-state index contributed by atoms with van der Waals surface area (Å²) >= 11 is 0. The highest BCUT2D eigenvalue weighted by Crippen LogP contribution is 2.32. The highest BCUT2D eigenvalue weighted by Gasteiger charge is 2.32. The number of benzene rings is 1. The van der Waals surface area contributed by atoms with Crippen LogP contribution in [0.2, 0.25) is 0 Å². The van der Waals surface area contributed by atoms with Crippen molar-refractivity contribution in [1.82, 2.24) is 9.88 Å². The van der Waals surface area contributed by atoms with E-state index in [1.807, 2.05) is 0 Å². The Kier molecular flexibility index (Phi) is 4.80. The summed E-state index contributed by atoms with van der Waals surface area (Å²) in [5.41, 5.74) is 1.16. The minimum absolute atomic E-state index is 0.0489. The lowest BCUT2D eigenvalue weighted by atomic mass is 9.94. The standard InChI is InChI=1S/C19H16F4N2O/c1-2-17(26)25-8-7-12-3-4-13(9-15(12)11-25)18(20)14-5-6-16(24-10-14)19(21,22)23/h2-6,9-10,18H,1,7-8,11H2. The molecule has 1 atom stereocenters. The summed E-state index contributed by atoms with van der Waals surface area (Å²) in [7, 11) is 0. The highest BCUT2D eigenvalue weighted by atomic mass is 19.4. The van der Waals surface area contributed by atoms with Crippen molar-refractivity contribution >= 4 is 5.91 Å². The summed E-state index contributed by atoms with van der Waals surface area (Å²) < 4.78 is 52.5. The van der Waals surface area contributed by atoms with Gasteiger partial charge in [0.2, 0.25) is 5.91 Å². The molecule has 7 heteroatoms. The van der Waals surface area contributed by atoms with Crippen LogP contribution in [0.15, 0.2) is 49.2 Å². The number of carbonyl (C=O) groups excluding carboxylic acids is 1. The van der Waals surface area contributed by atoms with E-state index in [9.17, 15) is 22.4 Å². The third-order valence-electron chi connectivity index (χ3n) is 4.39. The molecule has 0 saturated heterocycles. The minimum Gasteiger partial charge on any atom is -0.335 e. The number of amides is 1. The van der Waals surface area contributed by atoms with Gasteiger partial charge in [0.25, 0.3) is 0 Å². The molecule has 1 aromatic carbocycles. The molecule has 1 unspecified atom stereocenters. The monoisotopic (exact) mass is 364 g/mol. The van der Waals surface area contributed by atoms with Crippen molar-refractivity contribution in [3.63, 3.8) is 0 Å². The fourth-order valence-electron chi connectivity index (χ4n) is 2.97. The smallest absolute Gasteiger partial charge is 0.335 e. The Labute approximate surface area is 148 Å². The van der Waals surface area contributed by atoms with Gasteiger partial charge in [0.15, 0.2) is 6.17 Å². The molecule has 0 aliphatic carbocycles. The predicted octanol–water partition coefficient (Wildman–Crippen LogP) is 4.23. The van der Waals surface area contributed by atoms with E-state index in [2.05, 4.69) is 11.6 Å². The van der Waals surface area contributed by atoms with Gasteiger partial charge in [0.05, 0.1) is 0 Å². The van der Waals surface area contributed by atoms with Gasteiger partial charge in [-0.3, -0.25) is 9.78 Å². The number of carbonyl (C=O) groups is 1. The molecule has 1 amide bonds. The molecule has 136 valence electrons. The van der Waals surface area contributed by atoms with Crippen LogP contribution in [-0.2, 0) is 23.9 Å². The lowest BCUT2D eigenvalue weighted by Gasteiger charge is -2.28. The van der Waals surface area contributed by atoms with Gasteiger partial charge in [0, 0.05) is 24.8 Å². The second-order valence-electron chi connectivity index (χ2n) is 6.08. The van der Waals surface area contributed by atoms with Gasteiger partial charge >= 0.3 is 6.18 Å². The number of hydrogen-bond donors (Lipinski definition) is 0. The van der Waals surface area contributed by atoms with Crippen LogP contribution in [0.5, 0.6) is 0 Å². The van der Waals surface area contributed by atoms with Gasteiger partial charge in [-0.2, -0.15) is 13.2 Å². The number of alkyl halides is 4. The Morgan fingerprint density at radius 1 is 1.19 bits per heavy atom. The van der Waals surface area contributed by atoms with Gasteiger partial charge in [0.1, 0.15) is 5.69 Å². The zero-order chi connectivity index (χ0) is 18.9. The van der Waals surface area contributed by atoms with E-state index < -0.39 is 18.0 Å². The Balaban J connectivity index is 1.84. The molecule has 0 fully saturated rings. The second kappa shape index (κ2) is 6.90. The van der Waals surface area contributed by atoms with Crippen LogP contribution in [0.4, 0.5) is 17.6 Å². The summed E-state index contributed by atoms with van der Waals surface area (Å²) in [5.74, 6) is -0.190. The number of pyridine rings is 1. The zero-order valence-corrected chi connectivity index (χ0v) is 13.8. The maximum atomic E-state index is 14.8. The minimum atomic E-state index is -4.56. The number of halogens is 4. The highest BCUT2D eigenvalue weighted by molar-refractivity contribution is 5.87. The largest absolute Gasteiger partial charge is 0.433 e. The summed E-state index contributed by atoms with van der Waals surface area (Å²) in [6, 6.07) is 6.93. The van der Waals surface area contributed by atoms with E-state index in [1.165, 1.54) is 6.08 Å². The Bertz CT molecular complexity index is 830.